The Bertz CT molecular complexity index is 653. The number of halogens is 3. The van der Waals surface area contributed by atoms with Crippen molar-refractivity contribution < 1.29 is 13.2 Å². The third kappa shape index (κ3) is 3.24. The van der Waals surface area contributed by atoms with Crippen molar-refractivity contribution in [2.75, 3.05) is 11.1 Å². The van der Waals surface area contributed by atoms with Crippen molar-refractivity contribution in [3.05, 3.63) is 41.2 Å². The number of anilines is 3. The second-order valence-corrected chi connectivity index (χ2v) is 4.59. The summed E-state index contributed by atoms with van der Waals surface area (Å²) < 4.78 is 38.3. The molecule has 1 heterocycles. The first-order valence-electron chi connectivity index (χ1n) is 6.37. The normalized spacial score (nSPS) is 11.5. The maximum atomic E-state index is 12.8. The average Bonchev–Trinajstić information content (AvgIpc) is 2.40. The first-order chi connectivity index (χ1) is 9.82. The van der Waals surface area contributed by atoms with Crippen LogP contribution in [-0.2, 0) is 12.6 Å². The highest BCUT2D eigenvalue weighted by atomic mass is 19.4. The predicted octanol–water partition coefficient (Wildman–Crippen LogP) is 3.69. The van der Waals surface area contributed by atoms with Crippen LogP contribution in [0.2, 0.25) is 0 Å². The Labute approximate surface area is 120 Å². The molecule has 0 fully saturated rings. The van der Waals surface area contributed by atoms with Gasteiger partial charge in [0.1, 0.15) is 18.0 Å². The first kappa shape index (κ1) is 15.1. The molecule has 2 aromatic rings. The maximum absolute atomic E-state index is 12.8. The van der Waals surface area contributed by atoms with Crippen LogP contribution in [0.3, 0.4) is 0 Å². The molecule has 0 unspecified atom stereocenters. The molecule has 1 aromatic heterocycles. The predicted molar refractivity (Wildman–Crippen MR) is 75.3 cm³/mol. The summed E-state index contributed by atoms with van der Waals surface area (Å²) in [6.45, 7) is 3.60. The summed E-state index contributed by atoms with van der Waals surface area (Å²) in [7, 11) is 0. The molecule has 7 heteroatoms. The quantitative estimate of drug-likeness (QED) is 0.906. The van der Waals surface area contributed by atoms with E-state index >= 15 is 0 Å². The van der Waals surface area contributed by atoms with Gasteiger partial charge in [0.05, 0.1) is 5.56 Å². The highest BCUT2D eigenvalue weighted by molar-refractivity contribution is 5.66. The van der Waals surface area contributed by atoms with Crippen molar-refractivity contribution in [3.8, 4) is 0 Å². The van der Waals surface area contributed by atoms with E-state index in [-0.39, 0.29) is 0 Å². The number of nitrogen functional groups attached to an aromatic ring is 1. The molecule has 0 saturated heterocycles. The van der Waals surface area contributed by atoms with Crippen LogP contribution < -0.4 is 11.1 Å². The molecule has 21 heavy (non-hydrogen) atoms. The van der Waals surface area contributed by atoms with E-state index in [4.69, 9.17) is 5.73 Å². The van der Waals surface area contributed by atoms with Gasteiger partial charge in [0.15, 0.2) is 0 Å². The van der Waals surface area contributed by atoms with Gasteiger partial charge in [-0.3, -0.25) is 0 Å². The van der Waals surface area contributed by atoms with Crippen molar-refractivity contribution in [3.63, 3.8) is 0 Å². The van der Waals surface area contributed by atoms with E-state index in [0.717, 1.165) is 12.1 Å². The molecule has 0 saturated carbocycles. The van der Waals surface area contributed by atoms with Gasteiger partial charge < -0.3 is 11.1 Å². The minimum atomic E-state index is -4.39. The van der Waals surface area contributed by atoms with Gasteiger partial charge in [-0.25, -0.2) is 9.97 Å². The van der Waals surface area contributed by atoms with E-state index in [1.807, 2.05) is 6.92 Å². The van der Waals surface area contributed by atoms with Gasteiger partial charge >= 0.3 is 6.18 Å². The highest BCUT2D eigenvalue weighted by Gasteiger charge is 2.30. The van der Waals surface area contributed by atoms with Gasteiger partial charge in [-0.2, -0.15) is 13.2 Å². The lowest BCUT2D eigenvalue weighted by Gasteiger charge is -2.15. The molecule has 0 radical (unpaired) electrons. The standard InChI is InChI=1S/C14H15F3N4/c1-3-10-12(18)19-7-20-13(10)21-11-6-9(14(15,16)17)5-4-8(11)2/h4-7H,3H2,1-2H3,(H3,18,19,20,21). The molecule has 0 aliphatic rings. The summed E-state index contributed by atoms with van der Waals surface area (Å²) in [5.74, 6) is 0.743. The van der Waals surface area contributed by atoms with Crippen LogP contribution >= 0.6 is 0 Å². The molecule has 0 spiro atoms. The Morgan fingerprint density at radius 2 is 1.95 bits per heavy atom. The molecular formula is C14H15F3N4. The molecule has 1 aromatic carbocycles. The topological polar surface area (TPSA) is 63.8 Å². The SMILES string of the molecule is CCc1c(N)ncnc1Nc1cc(C(F)(F)F)ccc1C. The van der Waals surface area contributed by atoms with Crippen LogP contribution in [0.25, 0.3) is 0 Å². The lowest BCUT2D eigenvalue weighted by molar-refractivity contribution is -0.137. The zero-order valence-electron chi connectivity index (χ0n) is 11.6. The Kier molecular flexibility index (Phi) is 4.02. The van der Waals surface area contributed by atoms with Gasteiger partial charge in [0.2, 0.25) is 0 Å². The number of hydrogen-bond donors (Lipinski definition) is 2. The van der Waals surface area contributed by atoms with Crippen LogP contribution in [0.15, 0.2) is 24.5 Å². The molecule has 0 aliphatic carbocycles. The number of rotatable bonds is 3. The molecule has 112 valence electrons. The van der Waals surface area contributed by atoms with Crippen LogP contribution in [-0.4, -0.2) is 9.97 Å². The number of aryl methyl sites for hydroxylation is 1. The number of alkyl halides is 3. The molecule has 0 amide bonds. The van der Waals surface area contributed by atoms with Gasteiger partial charge in [-0.1, -0.05) is 13.0 Å². The zero-order valence-corrected chi connectivity index (χ0v) is 11.6. The lowest BCUT2D eigenvalue weighted by Crippen LogP contribution is -2.08. The van der Waals surface area contributed by atoms with E-state index in [9.17, 15) is 13.2 Å². The zero-order chi connectivity index (χ0) is 15.6. The van der Waals surface area contributed by atoms with Crippen molar-refractivity contribution in [1.29, 1.82) is 0 Å². The summed E-state index contributed by atoms with van der Waals surface area (Å²) in [6.07, 6.45) is -2.53. The van der Waals surface area contributed by atoms with Gasteiger partial charge in [-0.05, 0) is 31.0 Å². The Hall–Kier alpha value is -2.31. The van der Waals surface area contributed by atoms with E-state index in [0.29, 0.717) is 34.9 Å². The number of hydrogen-bond acceptors (Lipinski definition) is 4. The second kappa shape index (κ2) is 5.59. The fourth-order valence-corrected chi connectivity index (χ4v) is 1.94. The van der Waals surface area contributed by atoms with Crippen molar-refractivity contribution in [2.45, 2.75) is 26.4 Å². The highest BCUT2D eigenvalue weighted by Crippen LogP contribution is 2.33. The van der Waals surface area contributed by atoms with Gasteiger partial charge in [0, 0.05) is 11.3 Å². The monoisotopic (exact) mass is 296 g/mol. The average molecular weight is 296 g/mol. The molecule has 0 aliphatic heterocycles. The van der Waals surface area contributed by atoms with Crippen LogP contribution in [0.1, 0.15) is 23.6 Å². The fourth-order valence-electron chi connectivity index (χ4n) is 1.94. The van der Waals surface area contributed by atoms with E-state index in [2.05, 4.69) is 15.3 Å². The Balaban J connectivity index is 2.42. The minimum absolute atomic E-state index is 0.319. The minimum Gasteiger partial charge on any atom is -0.383 e. The summed E-state index contributed by atoms with van der Waals surface area (Å²) in [5, 5.41) is 2.91. The summed E-state index contributed by atoms with van der Waals surface area (Å²) >= 11 is 0. The first-order valence-corrected chi connectivity index (χ1v) is 6.37. The number of benzene rings is 1. The smallest absolute Gasteiger partial charge is 0.383 e. The van der Waals surface area contributed by atoms with Crippen LogP contribution in [0.4, 0.5) is 30.5 Å². The van der Waals surface area contributed by atoms with Gasteiger partial charge in [0.25, 0.3) is 0 Å². The fraction of sp³-hybridized carbons (Fsp3) is 0.286. The number of nitrogens with two attached hydrogens (primary N) is 1. The third-order valence-electron chi connectivity index (χ3n) is 3.15. The molecule has 0 atom stereocenters. The number of aromatic nitrogens is 2. The second-order valence-electron chi connectivity index (χ2n) is 4.59. The van der Waals surface area contributed by atoms with Crippen molar-refractivity contribution in [2.24, 2.45) is 0 Å². The van der Waals surface area contributed by atoms with Crippen LogP contribution in [0.5, 0.6) is 0 Å². The van der Waals surface area contributed by atoms with E-state index < -0.39 is 11.7 Å². The number of nitrogens with one attached hydrogen (secondary N) is 1. The van der Waals surface area contributed by atoms with Crippen molar-refractivity contribution >= 4 is 17.3 Å². The molecular weight excluding hydrogens is 281 g/mol. The van der Waals surface area contributed by atoms with E-state index in [1.54, 1.807) is 6.92 Å². The van der Waals surface area contributed by atoms with Crippen molar-refractivity contribution in [1.82, 2.24) is 9.97 Å². The van der Waals surface area contributed by atoms with Crippen LogP contribution in [0, 0.1) is 6.92 Å². The number of nitrogens with zero attached hydrogens (tertiary/aromatic N) is 2. The summed E-state index contributed by atoms with van der Waals surface area (Å²) in [4.78, 5) is 7.93. The lowest BCUT2D eigenvalue weighted by atomic mass is 10.1. The third-order valence-corrected chi connectivity index (χ3v) is 3.15. The maximum Gasteiger partial charge on any atom is 0.416 e. The summed E-state index contributed by atoms with van der Waals surface area (Å²) in [5.41, 5.74) is 6.74. The molecule has 3 N–H and O–H groups in total. The van der Waals surface area contributed by atoms with E-state index in [1.165, 1.54) is 12.4 Å². The molecule has 4 nitrogen and oxygen atoms in total. The molecule has 0 bridgehead atoms. The Morgan fingerprint density at radius 3 is 2.57 bits per heavy atom. The molecule has 2 rings (SSSR count). The summed E-state index contributed by atoms with van der Waals surface area (Å²) in [6, 6.07) is 3.53. The Morgan fingerprint density at radius 1 is 1.24 bits per heavy atom. The van der Waals surface area contributed by atoms with Gasteiger partial charge in [-0.15, -0.1) is 0 Å². The largest absolute Gasteiger partial charge is 0.416 e.